The number of rotatable bonds is 2. The van der Waals surface area contributed by atoms with Crippen molar-refractivity contribution in [2.45, 2.75) is 33.3 Å². The van der Waals surface area contributed by atoms with Crippen molar-refractivity contribution < 1.29 is 19.1 Å². The van der Waals surface area contributed by atoms with E-state index in [2.05, 4.69) is 5.32 Å². The molecule has 0 radical (unpaired) electrons. The molecular formula is C10H18N2O4. The third-order valence-electron chi connectivity index (χ3n) is 1.55. The number of nitrogens with one attached hydrogen (secondary N) is 1. The Balaban J connectivity index is 4.48. The number of nitrogens with zero attached hydrogens (tertiary/aromatic N) is 1. The van der Waals surface area contributed by atoms with Gasteiger partial charge in [-0.3, -0.25) is 14.5 Å². The molecule has 16 heavy (non-hydrogen) atoms. The largest absolute Gasteiger partial charge is 0.459 e. The van der Waals surface area contributed by atoms with E-state index >= 15 is 0 Å². The van der Waals surface area contributed by atoms with E-state index in [1.807, 2.05) is 0 Å². The Hall–Kier alpha value is -1.59. The van der Waals surface area contributed by atoms with Crippen LogP contribution in [-0.2, 0) is 14.3 Å². The second-order valence-corrected chi connectivity index (χ2v) is 4.25. The lowest BCUT2D eigenvalue weighted by Crippen LogP contribution is -2.45. The SMILES string of the molecule is CNC(=O)N(CC(=O)OC(C)(C)C)C(C)=O. The second-order valence-electron chi connectivity index (χ2n) is 4.25. The molecule has 0 spiro atoms. The van der Waals surface area contributed by atoms with Gasteiger partial charge in [0.25, 0.3) is 0 Å². The van der Waals surface area contributed by atoms with Crippen LogP contribution in [0.5, 0.6) is 0 Å². The maximum absolute atomic E-state index is 11.4. The van der Waals surface area contributed by atoms with Gasteiger partial charge < -0.3 is 10.1 Å². The zero-order chi connectivity index (χ0) is 12.9. The summed E-state index contributed by atoms with van der Waals surface area (Å²) >= 11 is 0. The Morgan fingerprint density at radius 2 is 1.75 bits per heavy atom. The van der Waals surface area contributed by atoms with E-state index in [0.29, 0.717) is 0 Å². The van der Waals surface area contributed by atoms with Crippen LogP contribution in [0.25, 0.3) is 0 Å². The standard InChI is InChI=1S/C10H18N2O4/c1-7(13)12(9(15)11-5)6-8(14)16-10(2,3)4/h6H2,1-5H3,(H,11,15). The van der Waals surface area contributed by atoms with Crippen LogP contribution in [0.2, 0.25) is 0 Å². The van der Waals surface area contributed by atoms with Crippen molar-refractivity contribution in [1.82, 2.24) is 10.2 Å². The summed E-state index contributed by atoms with van der Waals surface area (Å²) in [7, 11) is 1.38. The van der Waals surface area contributed by atoms with E-state index in [4.69, 9.17) is 4.74 Å². The molecule has 0 aliphatic heterocycles. The highest BCUT2D eigenvalue weighted by atomic mass is 16.6. The fraction of sp³-hybridized carbons (Fsp3) is 0.700. The Morgan fingerprint density at radius 1 is 1.25 bits per heavy atom. The molecule has 1 N–H and O–H groups in total. The summed E-state index contributed by atoms with van der Waals surface area (Å²) in [5, 5.41) is 2.27. The van der Waals surface area contributed by atoms with Gasteiger partial charge in [0.05, 0.1) is 0 Å². The van der Waals surface area contributed by atoms with Crippen molar-refractivity contribution in [1.29, 1.82) is 0 Å². The van der Waals surface area contributed by atoms with Gasteiger partial charge in [-0.15, -0.1) is 0 Å². The van der Waals surface area contributed by atoms with Gasteiger partial charge in [-0.25, -0.2) is 4.79 Å². The van der Waals surface area contributed by atoms with Crippen molar-refractivity contribution >= 4 is 17.9 Å². The quantitative estimate of drug-likeness (QED) is 0.701. The number of carbonyl (C=O) groups is 3. The van der Waals surface area contributed by atoms with Gasteiger partial charge in [0.2, 0.25) is 5.91 Å². The predicted octanol–water partition coefficient (Wildman–Crippen LogP) is 0.516. The number of hydrogen-bond acceptors (Lipinski definition) is 4. The molecule has 0 saturated heterocycles. The second kappa shape index (κ2) is 5.48. The van der Waals surface area contributed by atoms with Gasteiger partial charge in [0.15, 0.2) is 0 Å². The van der Waals surface area contributed by atoms with Crippen LogP contribution >= 0.6 is 0 Å². The molecule has 0 aromatic heterocycles. The Bertz CT molecular complexity index is 294. The van der Waals surface area contributed by atoms with Gasteiger partial charge in [0, 0.05) is 14.0 Å². The average molecular weight is 230 g/mol. The minimum absolute atomic E-state index is 0.383. The zero-order valence-corrected chi connectivity index (χ0v) is 10.3. The fourth-order valence-electron chi connectivity index (χ4n) is 0.964. The highest BCUT2D eigenvalue weighted by Crippen LogP contribution is 2.07. The monoisotopic (exact) mass is 230 g/mol. The van der Waals surface area contributed by atoms with E-state index in [0.717, 1.165) is 4.90 Å². The van der Waals surface area contributed by atoms with Crippen molar-refractivity contribution in [3.63, 3.8) is 0 Å². The van der Waals surface area contributed by atoms with Crippen LogP contribution < -0.4 is 5.32 Å². The first-order valence-corrected chi connectivity index (χ1v) is 4.89. The molecule has 0 unspecified atom stereocenters. The van der Waals surface area contributed by atoms with Crippen LogP contribution in [0.1, 0.15) is 27.7 Å². The van der Waals surface area contributed by atoms with E-state index < -0.39 is 23.5 Å². The fourth-order valence-corrected chi connectivity index (χ4v) is 0.964. The van der Waals surface area contributed by atoms with E-state index in [9.17, 15) is 14.4 Å². The Kier molecular flexibility index (Phi) is 4.94. The summed E-state index contributed by atoms with van der Waals surface area (Å²) in [5.41, 5.74) is -0.637. The molecule has 0 aromatic carbocycles. The molecule has 0 fully saturated rings. The summed E-state index contributed by atoms with van der Waals surface area (Å²) in [6.07, 6.45) is 0. The third kappa shape index (κ3) is 5.33. The van der Waals surface area contributed by atoms with Crippen molar-refractivity contribution in [3.05, 3.63) is 0 Å². The normalized spacial score (nSPS) is 10.6. The number of ether oxygens (including phenoxy) is 1. The first-order valence-electron chi connectivity index (χ1n) is 4.89. The molecule has 0 heterocycles. The molecule has 0 aliphatic rings. The zero-order valence-electron chi connectivity index (χ0n) is 10.3. The van der Waals surface area contributed by atoms with Gasteiger partial charge >= 0.3 is 12.0 Å². The minimum Gasteiger partial charge on any atom is -0.459 e. The van der Waals surface area contributed by atoms with E-state index in [1.54, 1.807) is 20.8 Å². The smallest absolute Gasteiger partial charge is 0.326 e. The lowest BCUT2D eigenvalue weighted by Gasteiger charge is -2.22. The summed E-state index contributed by atoms with van der Waals surface area (Å²) < 4.78 is 5.00. The summed E-state index contributed by atoms with van der Waals surface area (Å²) in [5.74, 6) is -1.13. The predicted molar refractivity (Wildman–Crippen MR) is 57.7 cm³/mol. The van der Waals surface area contributed by atoms with Gasteiger partial charge in [0.1, 0.15) is 12.1 Å². The molecule has 0 saturated carbocycles. The lowest BCUT2D eigenvalue weighted by molar-refractivity contribution is -0.157. The van der Waals surface area contributed by atoms with Gasteiger partial charge in [-0.05, 0) is 20.8 Å². The molecule has 6 nitrogen and oxygen atoms in total. The van der Waals surface area contributed by atoms with Crippen LogP contribution in [0.3, 0.4) is 0 Å². The van der Waals surface area contributed by atoms with E-state index in [1.165, 1.54) is 14.0 Å². The minimum atomic E-state index is -0.637. The molecule has 3 amide bonds. The highest BCUT2D eigenvalue weighted by Gasteiger charge is 2.23. The molecule has 92 valence electrons. The van der Waals surface area contributed by atoms with Crippen molar-refractivity contribution in [2.75, 3.05) is 13.6 Å². The number of imide groups is 1. The Labute approximate surface area is 94.9 Å². The highest BCUT2D eigenvalue weighted by molar-refractivity contribution is 5.96. The molecule has 6 heteroatoms. The summed E-state index contributed by atoms with van der Waals surface area (Å²) in [6, 6.07) is -0.627. The third-order valence-corrected chi connectivity index (χ3v) is 1.55. The van der Waals surface area contributed by atoms with Gasteiger partial charge in [-0.1, -0.05) is 0 Å². The number of carbonyl (C=O) groups excluding carboxylic acids is 3. The summed E-state index contributed by atoms with van der Waals surface area (Å²) in [6.45, 7) is 5.96. The van der Waals surface area contributed by atoms with Crippen LogP contribution in [-0.4, -0.2) is 42.0 Å². The number of esters is 1. The first-order chi connectivity index (χ1) is 7.17. The number of urea groups is 1. The van der Waals surface area contributed by atoms with Crippen LogP contribution in [0.4, 0.5) is 4.79 Å². The maximum atomic E-state index is 11.4. The Morgan fingerprint density at radius 3 is 2.06 bits per heavy atom. The lowest BCUT2D eigenvalue weighted by atomic mass is 10.2. The van der Waals surface area contributed by atoms with Gasteiger partial charge in [-0.2, -0.15) is 0 Å². The molecule has 0 aliphatic carbocycles. The van der Waals surface area contributed by atoms with E-state index in [-0.39, 0.29) is 6.54 Å². The van der Waals surface area contributed by atoms with Crippen molar-refractivity contribution in [2.24, 2.45) is 0 Å². The topological polar surface area (TPSA) is 75.7 Å². The molecule has 0 rings (SSSR count). The van der Waals surface area contributed by atoms with Crippen LogP contribution in [0.15, 0.2) is 0 Å². The van der Waals surface area contributed by atoms with Crippen LogP contribution in [0, 0.1) is 0 Å². The molecule has 0 aromatic rings. The maximum Gasteiger partial charge on any atom is 0.326 e. The first kappa shape index (κ1) is 14.4. The molecule has 0 bridgehead atoms. The number of hydrogen-bond donors (Lipinski definition) is 1. The average Bonchev–Trinajstić information content (AvgIpc) is 2.09. The summed E-state index contributed by atoms with van der Waals surface area (Å²) in [4.78, 5) is 34.5. The number of amides is 3. The molecular weight excluding hydrogens is 212 g/mol. The van der Waals surface area contributed by atoms with Crippen molar-refractivity contribution in [3.8, 4) is 0 Å². The molecule has 0 atom stereocenters.